The summed E-state index contributed by atoms with van der Waals surface area (Å²) >= 11 is 0. The van der Waals surface area contributed by atoms with Gasteiger partial charge in [0.25, 0.3) is 0 Å². The van der Waals surface area contributed by atoms with Gasteiger partial charge in [0.05, 0.1) is 0 Å². The summed E-state index contributed by atoms with van der Waals surface area (Å²) in [5.41, 5.74) is 15.2. The number of nitrogen functional groups attached to an aromatic ring is 1. The predicted octanol–water partition coefficient (Wildman–Crippen LogP) is 2.67. The van der Waals surface area contributed by atoms with Crippen molar-refractivity contribution in [2.45, 2.75) is 26.1 Å². The van der Waals surface area contributed by atoms with Crippen molar-refractivity contribution in [1.29, 1.82) is 0 Å². The third kappa shape index (κ3) is 2.86. The van der Waals surface area contributed by atoms with Crippen molar-refractivity contribution in [1.82, 2.24) is 0 Å². The van der Waals surface area contributed by atoms with E-state index in [1.54, 1.807) is 0 Å². The molecule has 4 N–H and O–H groups in total. The maximum absolute atomic E-state index is 5.97. The van der Waals surface area contributed by atoms with Gasteiger partial charge in [-0.2, -0.15) is 0 Å². The molecule has 20 heavy (non-hydrogen) atoms. The number of nitrogens with two attached hydrogens (primary N) is 2. The predicted molar refractivity (Wildman–Crippen MR) is 81.7 cm³/mol. The van der Waals surface area contributed by atoms with Gasteiger partial charge in [0, 0.05) is 36.6 Å². The lowest BCUT2D eigenvalue weighted by molar-refractivity contribution is -0.190. The van der Waals surface area contributed by atoms with Crippen LogP contribution in [0.2, 0.25) is 0 Å². The molecule has 0 fully saturated rings. The van der Waals surface area contributed by atoms with E-state index in [4.69, 9.17) is 20.9 Å². The molecule has 0 spiro atoms. The highest BCUT2D eigenvalue weighted by Crippen LogP contribution is 2.39. The summed E-state index contributed by atoms with van der Waals surface area (Å²) in [5, 5.41) is 0. The normalized spacial score (nSPS) is 17.5. The lowest BCUT2D eigenvalue weighted by Gasteiger charge is -2.37. The second-order valence-corrected chi connectivity index (χ2v) is 4.74. The summed E-state index contributed by atoms with van der Waals surface area (Å²) < 4.78 is 11.9. The first kappa shape index (κ1) is 14.6. The first-order valence-electron chi connectivity index (χ1n) is 6.92. The maximum atomic E-state index is 5.97. The first-order valence-corrected chi connectivity index (χ1v) is 6.92. The second kappa shape index (κ2) is 6.11. The summed E-state index contributed by atoms with van der Waals surface area (Å²) in [5.74, 6) is -0.807. The number of anilines is 1. The van der Waals surface area contributed by atoms with Gasteiger partial charge in [-0.3, -0.25) is 0 Å². The van der Waals surface area contributed by atoms with Crippen LogP contribution in [0.25, 0.3) is 5.57 Å². The molecule has 1 aromatic rings. The largest absolute Gasteiger partial charge is 0.402 e. The molecule has 0 unspecified atom stereocenters. The van der Waals surface area contributed by atoms with Crippen molar-refractivity contribution in [3.8, 4) is 0 Å². The minimum absolute atomic E-state index is 0.533. The zero-order valence-electron chi connectivity index (χ0n) is 12.1. The van der Waals surface area contributed by atoms with Crippen molar-refractivity contribution in [3.05, 3.63) is 47.7 Å². The minimum atomic E-state index is -0.807. The molecule has 2 rings (SSSR count). The van der Waals surface area contributed by atoms with E-state index in [0.717, 1.165) is 22.5 Å². The monoisotopic (exact) mass is 274 g/mol. The lowest BCUT2D eigenvalue weighted by atomic mass is 9.89. The Hall–Kier alpha value is -1.78. The molecule has 0 heterocycles. The molecule has 4 nitrogen and oxygen atoms in total. The molecule has 0 saturated heterocycles. The summed E-state index contributed by atoms with van der Waals surface area (Å²) in [7, 11) is 0. The maximum Gasteiger partial charge on any atom is 0.200 e. The average molecular weight is 274 g/mol. The highest BCUT2D eigenvalue weighted by atomic mass is 16.7. The quantitative estimate of drug-likeness (QED) is 0.639. The molecule has 0 aliphatic heterocycles. The number of hydrogen-bond donors (Lipinski definition) is 2. The van der Waals surface area contributed by atoms with Crippen LogP contribution in [0.5, 0.6) is 0 Å². The first-order chi connectivity index (χ1) is 9.61. The SMILES string of the molecule is CCOC1(OCC)CC(N)=CC=C1c1ccc(N)cc1. The Bertz CT molecular complexity index is 512. The van der Waals surface area contributed by atoms with E-state index < -0.39 is 5.79 Å². The third-order valence-electron chi connectivity index (χ3n) is 3.29. The van der Waals surface area contributed by atoms with E-state index in [0.29, 0.717) is 19.6 Å². The molecule has 0 atom stereocenters. The standard InChI is InChI=1S/C16H22N2O2/c1-3-19-16(20-4-2)11-14(18)9-10-15(16)12-5-7-13(17)8-6-12/h5-10H,3-4,11,17-18H2,1-2H3. The Labute approximate surface area is 120 Å². The molecule has 0 aromatic heterocycles. The Morgan fingerprint density at radius 3 is 2.15 bits per heavy atom. The van der Waals surface area contributed by atoms with E-state index in [1.807, 2.05) is 50.3 Å². The van der Waals surface area contributed by atoms with Crippen molar-refractivity contribution in [2.75, 3.05) is 18.9 Å². The molecule has 1 aliphatic carbocycles. The Morgan fingerprint density at radius 1 is 1.00 bits per heavy atom. The topological polar surface area (TPSA) is 70.5 Å². The van der Waals surface area contributed by atoms with E-state index in [9.17, 15) is 0 Å². The molecule has 0 amide bonds. The van der Waals surface area contributed by atoms with Crippen LogP contribution in [-0.4, -0.2) is 19.0 Å². The minimum Gasteiger partial charge on any atom is -0.402 e. The fraction of sp³-hybridized carbons (Fsp3) is 0.375. The summed E-state index contributed by atoms with van der Waals surface area (Å²) in [6.45, 7) is 5.02. The zero-order valence-corrected chi connectivity index (χ0v) is 12.1. The molecule has 1 aromatic carbocycles. The summed E-state index contributed by atoms with van der Waals surface area (Å²) in [6, 6.07) is 7.70. The van der Waals surface area contributed by atoms with Crippen molar-refractivity contribution >= 4 is 11.3 Å². The van der Waals surface area contributed by atoms with Crippen molar-refractivity contribution < 1.29 is 9.47 Å². The van der Waals surface area contributed by atoms with Crippen LogP contribution in [0.4, 0.5) is 5.69 Å². The van der Waals surface area contributed by atoms with Crippen molar-refractivity contribution in [2.24, 2.45) is 5.73 Å². The zero-order chi connectivity index (χ0) is 14.6. The number of allylic oxidation sites excluding steroid dienone is 2. The fourth-order valence-electron chi connectivity index (χ4n) is 2.48. The highest BCUT2D eigenvalue weighted by molar-refractivity contribution is 5.75. The van der Waals surface area contributed by atoms with Gasteiger partial charge >= 0.3 is 0 Å². The summed E-state index contributed by atoms with van der Waals surface area (Å²) in [6.07, 6.45) is 4.41. The van der Waals surface area contributed by atoms with Gasteiger partial charge in [0.2, 0.25) is 5.79 Å². The number of ether oxygens (including phenoxy) is 2. The fourth-order valence-corrected chi connectivity index (χ4v) is 2.48. The lowest BCUT2D eigenvalue weighted by Crippen LogP contribution is -2.40. The molecule has 0 saturated carbocycles. The van der Waals surface area contributed by atoms with Crippen LogP contribution in [0, 0.1) is 0 Å². The van der Waals surface area contributed by atoms with Gasteiger partial charge in [0.1, 0.15) is 0 Å². The van der Waals surface area contributed by atoms with E-state index in [-0.39, 0.29) is 0 Å². The van der Waals surface area contributed by atoms with Crippen LogP contribution in [0.1, 0.15) is 25.8 Å². The second-order valence-electron chi connectivity index (χ2n) is 4.74. The molecular weight excluding hydrogens is 252 g/mol. The van der Waals surface area contributed by atoms with Crippen LogP contribution < -0.4 is 11.5 Å². The molecule has 0 bridgehead atoms. The Balaban J connectivity index is 2.46. The highest BCUT2D eigenvalue weighted by Gasteiger charge is 2.38. The van der Waals surface area contributed by atoms with Gasteiger partial charge in [0.15, 0.2) is 0 Å². The summed E-state index contributed by atoms with van der Waals surface area (Å²) in [4.78, 5) is 0. The van der Waals surface area contributed by atoms with E-state index in [1.165, 1.54) is 0 Å². The van der Waals surface area contributed by atoms with Crippen LogP contribution in [-0.2, 0) is 9.47 Å². The van der Waals surface area contributed by atoms with E-state index >= 15 is 0 Å². The van der Waals surface area contributed by atoms with Gasteiger partial charge < -0.3 is 20.9 Å². The number of hydrogen-bond acceptors (Lipinski definition) is 4. The Morgan fingerprint density at radius 2 is 1.60 bits per heavy atom. The van der Waals surface area contributed by atoms with Gasteiger partial charge in [-0.1, -0.05) is 18.2 Å². The van der Waals surface area contributed by atoms with Gasteiger partial charge in [-0.25, -0.2) is 0 Å². The molecule has 4 heteroatoms. The molecule has 108 valence electrons. The molecular formula is C16H22N2O2. The van der Waals surface area contributed by atoms with Crippen LogP contribution in [0.15, 0.2) is 42.1 Å². The van der Waals surface area contributed by atoms with Crippen molar-refractivity contribution in [3.63, 3.8) is 0 Å². The third-order valence-corrected chi connectivity index (χ3v) is 3.29. The number of rotatable bonds is 5. The number of benzene rings is 1. The Kier molecular flexibility index (Phi) is 4.47. The molecule has 0 radical (unpaired) electrons. The van der Waals surface area contributed by atoms with Gasteiger partial charge in [-0.05, 0) is 37.6 Å². The van der Waals surface area contributed by atoms with Crippen LogP contribution >= 0.6 is 0 Å². The smallest absolute Gasteiger partial charge is 0.200 e. The average Bonchev–Trinajstić information content (AvgIpc) is 2.41. The van der Waals surface area contributed by atoms with E-state index in [2.05, 4.69) is 0 Å². The molecule has 1 aliphatic rings. The van der Waals surface area contributed by atoms with Crippen LogP contribution in [0.3, 0.4) is 0 Å². The van der Waals surface area contributed by atoms with Gasteiger partial charge in [-0.15, -0.1) is 0 Å².